The fourth-order valence-electron chi connectivity index (χ4n) is 2.40. The van der Waals surface area contributed by atoms with Gasteiger partial charge >= 0.3 is 0 Å². The van der Waals surface area contributed by atoms with E-state index in [1.807, 2.05) is 25.1 Å². The smallest absolute Gasteiger partial charge is 0.119 e. The van der Waals surface area contributed by atoms with Gasteiger partial charge in [0.25, 0.3) is 0 Å². The highest BCUT2D eigenvalue weighted by Crippen LogP contribution is 2.29. The lowest BCUT2D eigenvalue weighted by molar-refractivity contribution is -0.0326. The van der Waals surface area contributed by atoms with Crippen LogP contribution in [0.1, 0.15) is 37.8 Å². The van der Waals surface area contributed by atoms with Gasteiger partial charge in [0.15, 0.2) is 0 Å². The molecule has 1 aliphatic heterocycles. The first kappa shape index (κ1) is 14.9. The molecular formula is C17H23NO2. The van der Waals surface area contributed by atoms with E-state index in [0.29, 0.717) is 13.2 Å². The van der Waals surface area contributed by atoms with Crippen molar-refractivity contribution < 1.29 is 9.47 Å². The van der Waals surface area contributed by atoms with Gasteiger partial charge in [-0.15, -0.1) is 0 Å². The van der Waals surface area contributed by atoms with Crippen LogP contribution in [-0.4, -0.2) is 24.9 Å². The summed E-state index contributed by atoms with van der Waals surface area (Å²) in [6, 6.07) is 5.95. The van der Waals surface area contributed by atoms with Crippen molar-refractivity contribution in [1.82, 2.24) is 0 Å². The lowest BCUT2D eigenvalue weighted by atomic mass is 10.1. The summed E-state index contributed by atoms with van der Waals surface area (Å²) in [4.78, 5) is 0. The van der Waals surface area contributed by atoms with E-state index in [0.717, 1.165) is 29.7 Å². The van der Waals surface area contributed by atoms with Gasteiger partial charge < -0.3 is 15.2 Å². The van der Waals surface area contributed by atoms with Gasteiger partial charge in [-0.05, 0) is 57.4 Å². The molecule has 0 aliphatic carbocycles. The van der Waals surface area contributed by atoms with Crippen molar-refractivity contribution >= 4 is 0 Å². The minimum Gasteiger partial charge on any atom is -0.491 e. The van der Waals surface area contributed by atoms with Gasteiger partial charge in [0.05, 0.1) is 18.2 Å². The molecule has 1 fully saturated rings. The molecule has 0 bridgehead atoms. The van der Waals surface area contributed by atoms with Crippen LogP contribution < -0.4 is 10.5 Å². The van der Waals surface area contributed by atoms with Crippen LogP contribution in [0.25, 0.3) is 0 Å². The molecule has 3 nitrogen and oxygen atoms in total. The van der Waals surface area contributed by atoms with Crippen molar-refractivity contribution in [3.63, 3.8) is 0 Å². The van der Waals surface area contributed by atoms with Gasteiger partial charge in [-0.25, -0.2) is 0 Å². The second-order valence-electron chi connectivity index (χ2n) is 5.83. The molecule has 1 saturated heterocycles. The van der Waals surface area contributed by atoms with E-state index < -0.39 is 0 Å². The van der Waals surface area contributed by atoms with E-state index in [9.17, 15) is 0 Å². The Bertz CT molecular complexity index is 526. The normalized spacial score (nSPS) is 20.3. The number of hydrogen-bond acceptors (Lipinski definition) is 3. The summed E-state index contributed by atoms with van der Waals surface area (Å²) in [5.74, 6) is 6.79. The van der Waals surface area contributed by atoms with Gasteiger partial charge in [-0.1, -0.05) is 11.8 Å². The molecule has 3 heteroatoms. The Labute approximate surface area is 121 Å². The van der Waals surface area contributed by atoms with Crippen LogP contribution in [0.15, 0.2) is 18.2 Å². The molecule has 0 radical (unpaired) electrons. The number of nitrogens with two attached hydrogens (primary N) is 1. The Morgan fingerprint density at radius 1 is 1.45 bits per heavy atom. The zero-order valence-corrected chi connectivity index (χ0v) is 12.5. The van der Waals surface area contributed by atoms with E-state index in [2.05, 4.69) is 25.7 Å². The minimum absolute atomic E-state index is 0.00832. The van der Waals surface area contributed by atoms with Crippen molar-refractivity contribution in [3.05, 3.63) is 29.3 Å². The Balaban J connectivity index is 1.92. The average molecular weight is 273 g/mol. The summed E-state index contributed by atoms with van der Waals surface area (Å²) in [6.07, 6.45) is 2.35. The van der Waals surface area contributed by atoms with Crippen molar-refractivity contribution in [3.8, 4) is 17.6 Å². The summed E-state index contributed by atoms with van der Waals surface area (Å²) in [7, 11) is 0. The van der Waals surface area contributed by atoms with Gasteiger partial charge in [-0.2, -0.15) is 0 Å². The molecule has 1 unspecified atom stereocenters. The highest BCUT2D eigenvalue weighted by atomic mass is 16.6. The predicted octanol–water partition coefficient (Wildman–Crippen LogP) is 2.64. The SMILES string of the molecule is Cc1cc(OCC2CCC(C)(C)O2)ccc1C#CCN. The molecule has 0 saturated carbocycles. The molecule has 0 spiro atoms. The van der Waals surface area contributed by atoms with E-state index >= 15 is 0 Å². The third-order valence-corrected chi connectivity index (χ3v) is 3.51. The van der Waals surface area contributed by atoms with Gasteiger partial charge in [-0.3, -0.25) is 0 Å². The Morgan fingerprint density at radius 3 is 2.85 bits per heavy atom. The van der Waals surface area contributed by atoms with Crippen molar-refractivity contribution in [2.75, 3.05) is 13.2 Å². The maximum absolute atomic E-state index is 5.92. The fraction of sp³-hybridized carbons (Fsp3) is 0.529. The van der Waals surface area contributed by atoms with Crippen LogP contribution in [0, 0.1) is 18.8 Å². The average Bonchev–Trinajstić information content (AvgIpc) is 2.75. The summed E-state index contributed by atoms with van der Waals surface area (Å²) in [5, 5.41) is 0. The Hall–Kier alpha value is -1.50. The molecule has 0 aromatic heterocycles. The van der Waals surface area contributed by atoms with Crippen LogP contribution >= 0.6 is 0 Å². The summed E-state index contributed by atoms with van der Waals surface area (Å²) in [6.45, 7) is 7.27. The molecule has 1 aromatic rings. The topological polar surface area (TPSA) is 44.5 Å². The first-order valence-electron chi connectivity index (χ1n) is 7.10. The Morgan fingerprint density at radius 2 is 2.25 bits per heavy atom. The van der Waals surface area contributed by atoms with Gasteiger partial charge in [0.2, 0.25) is 0 Å². The quantitative estimate of drug-likeness (QED) is 0.861. The zero-order chi connectivity index (χ0) is 14.6. The number of rotatable bonds is 3. The molecule has 1 aromatic carbocycles. The van der Waals surface area contributed by atoms with Crippen LogP contribution in [0.5, 0.6) is 5.75 Å². The maximum atomic E-state index is 5.92. The number of benzene rings is 1. The van der Waals surface area contributed by atoms with Crippen LogP contribution in [-0.2, 0) is 4.74 Å². The van der Waals surface area contributed by atoms with Crippen LogP contribution in [0.4, 0.5) is 0 Å². The second kappa shape index (κ2) is 6.30. The number of ether oxygens (including phenoxy) is 2. The summed E-state index contributed by atoms with van der Waals surface area (Å²) < 4.78 is 11.7. The number of hydrogen-bond donors (Lipinski definition) is 1. The van der Waals surface area contributed by atoms with E-state index in [1.165, 1.54) is 0 Å². The Kier molecular flexibility index (Phi) is 4.69. The van der Waals surface area contributed by atoms with Crippen molar-refractivity contribution in [2.45, 2.75) is 45.3 Å². The summed E-state index contributed by atoms with van der Waals surface area (Å²) >= 11 is 0. The first-order valence-corrected chi connectivity index (χ1v) is 7.10. The molecule has 108 valence electrons. The third-order valence-electron chi connectivity index (χ3n) is 3.51. The van der Waals surface area contributed by atoms with Gasteiger partial charge in [0, 0.05) is 5.56 Å². The fourth-order valence-corrected chi connectivity index (χ4v) is 2.40. The van der Waals surface area contributed by atoms with E-state index in [1.54, 1.807) is 0 Å². The number of aryl methyl sites for hydroxylation is 1. The molecule has 1 heterocycles. The van der Waals surface area contributed by atoms with E-state index in [-0.39, 0.29) is 11.7 Å². The van der Waals surface area contributed by atoms with Gasteiger partial charge in [0.1, 0.15) is 12.4 Å². The molecule has 2 N–H and O–H groups in total. The second-order valence-corrected chi connectivity index (χ2v) is 5.83. The monoisotopic (exact) mass is 273 g/mol. The molecule has 20 heavy (non-hydrogen) atoms. The molecule has 2 rings (SSSR count). The highest BCUT2D eigenvalue weighted by molar-refractivity contribution is 5.44. The third kappa shape index (κ3) is 4.00. The first-order chi connectivity index (χ1) is 9.50. The van der Waals surface area contributed by atoms with E-state index in [4.69, 9.17) is 15.2 Å². The van der Waals surface area contributed by atoms with Crippen molar-refractivity contribution in [2.24, 2.45) is 5.73 Å². The lowest BCUT2D eigenvalue weighted by Gasteiger charge is -2.19. The molecule has 1 atom stereocenters. The predicted molar refractivity (Wildman–Crippen MR) is 80.8 cm³/mol. The zero-order valence-electron chi connectivity index (χ0n) is 12.5. The lowest BCUT2D eigenvalue weighted by Crippen LogP contribution is -2.23. The minimum atomic E-state index is -0.00832. The summed E-state index contributed by atoms with van der Waals surface area (Å²) in [5.41, 5.74) is 7.48. The molecule has 1 aliphatic rings. The van der Waals surface area contributed by atoms with Crippen molar-refractivity contribution in [1.29, 1.82) is 0 Å². The maximum Gasteiger partial charge on any atom is 0.119 e. The standard InChI is InChI=1S/C17H23NO2/c1-13-11-15(7-6-14(13)5-4-10-18)19-12-16-8-9-17(2,3)20-16/h6-7,11,16H,8-10,12,18H2,1-3H3. The highest BCUT2D eigenvalue weighted by Gasteiger charge is 2.31. The molecular weight excluding hydrogens is 250 g/mol. The molecule has 0 amide bonds. The van der Waals surface area contributed by atoms with Crippen LogP contribution in [0.2, 0.25) is 0 Å². The largest absolute Gasteiger partial charge is 0.491 e. The van der Waals surface area contributed by atoms with Crippen LogP contribution in [0.3, 0.4) is 0 Å².